The predicted molar refractivity (Wildman–Crippen MR) is 65.9 cm³/mol. The zero-order valence-electron chi connectivity index (χ0n) is 9.89. The zero-order chi connectivity index (χ0) is 13.9. The summed E-state index contributed by atoms with van der Waals surface area (Å²) in [6, 6.07) is 12.6. The second-order valence-electron chi connectivity index (χ2n) is 4.00. The van der Waals surface area contributed by atoms with Crippen LogP contribution in [0.2, 0.25) is 0 Å². The number of para-hydroxylation sites is 1. The molecule has 0 amide bonds. The van der Waals surface area contributed by atoms with Gasteiger partial charge in [0, 0.05) is 0 Å². The highest BCUT2D eigenvalue weighted by Gasteiger charge is 2.37. The fraction of sp³-hybridized carbons (Fsp3) is 0.143. The lowest BCUT2D eigenvalue weighted by molar-refractivity contribution is -0.149. The van der Waals surface area contributed by atoms with Crippen LogP contribution in [-0.4, -0.2) is 6.18 Å². The molecule has 0 aromatic heterocycles. The summed E-state index contributed by atoms with van der Waals surface area (Å²) in [6.45, 7) is 0. The average Bonchev–Trinajstić information content (AvgIpc) is 2.39. The molecular weight excluding hydrogens is 255 g/mol. The number of benzene rings is 2. The molecule has 0 radical (unpaired) electrons. The standard InChI is InChI=1S/C14H12F3NO/c15-14(16,17)13(18)10-6-8-12(9-7-10)19-11-4-2-1-3-5-11/h1-9,13H,18H2/t13-/m1/s1. The van der Waals surface area contributed by atoms with Crippen molar-refractivity contribution < 1.29 is 17.9 Å². The Balaban J connectivity index is 2.11. The maximum Gasteiger partial charge on any atom is 0.407 e. The summed E-state index contributed by atoms with van der Waals surface area (Å²) in [5.41, 5.74) is 5.12. The Labute approximate surface area is 108 Å². The summed E-state index contributed by atoms with van der Waals surface area (Å²) in [7, 11) is 0. The quantitative estimate of drug-likeness (QED) is 0.910. The molecular formula is C14H12F3NO. The summed E-state index contributed by atoms with van der Waals surface area (Å²) >= 11 is 0. The van der Waals surface area contributed by atoms with Crippen molar-refractivity contribution in [2.75, 3.05) is 0 Å². The lowest BCUT2D eigenvalue weighted by atomic mass is 10.1. The van der Waals surface area contributed by atoms with Gasteiger partial charge >= 0.3 is 6.18 Å². The van der Waals surface area contributed by atoms with Crippen molar-refractivity contribution in [1.82, 2.24) is 0 Å². The van der Waals surface area contributed by atoms with Crippen LogP contribution in [0.5, 0.6) is 11.5 Å². The highest BCUT2D eigenvalue weighted by molar-refractivity contribution is 5.34. The molecule has 0 aliphatic carbocycles. The van der Waals surface area contributed by atoms with Gasteiger partial charge in [0.25, 0.3) is 0 Å². The highest BCUT2D eigenvalue weighted by Crippen LogP contribution is 2.31. The van der Waals surface area contributed by atoms with E-state index in [4.69, 9.17) is 10.5 Å². The minimum absolute atomic E-state index is 0.00733. The van der Waals surface area contributed by atoms with Crippen LogP contribution < -0.4 is 10.5 Å². The first-order chi connectivity index (χ1) is 8.97. The lowest BCUT2D eigenvalue weighted by Crippen LogP contribution is -2.28. The van der Waals surface area contributed by atoms with E-state index >= 15 is 0 Å². The topological polar surface area (TPSA) is 35.2 Å². The third-order valence-electron chi connectivity index (χ3n) is 2.57. The molecule has 0 spiro atoms. The fourth-order valence-corrected chi connectivity index (χ4v) is 1.56. The van der Waals surface area contributed by atoms with E-state index in [2.05, 4.69) is 0 Å². The Morgan fingerprint density at radius 3 is 1.89 bits per heavy atom. The lowest BCUT2D eigenvalue weighted by Gasteiger charge is -2.16. The molecule has 2 aromatic rings. The number of halogens is 3. The summed E-state index contributed by atoms with van der Waals surface area (Å²) < 4.78 is 42.8. The van der Waals surface area contributed by atoms with Gasteiger partial charge in [-0.05, 0) is 29.8 Å². The molecule has 2 nitrogen and oxygen atoms in total. The second-order valence-corrected chi connectivity index (χ2v) is 4.00. The third kappa shape index (κ3) is 3.48. The molecule has 1 atom stereocenters. The smallest absolute Gasteiger partial charge is 0.407 e. The predicted octanol–water partition coefficient (Wildman–Crippen LogP) is 4.04. The van der Waals surface area contributed by atoms with Gasteiger partial charge in [-0.2, -0.15) is 13.2 Å². The Bertz CT molecular complexity index is 523. The van der Waals surface area contributed by atoms with Gasteiger partial charge < -0.3 is 10.5 Å². The number of rotatable bonds is 3. The molecule has 0 saturated heterocycles. The number of alkyl halides is 3. The van der Waals surface area contributed by atoms with E-state index in [1.165, 1.54) is 24.3 Å². The Hall–Kier alpha value is -2.01. The van der Waals surface area contributed by atoms with Gasteiger partial charge in [0.05, 0.1) is 0 Å². The molecule has 0 saturated carbocycles. The van der Waals surface area contributed by atoms with Gasteiger partial charge in [0.1, 0.15) is 17.5 Å². The number of ether oxygens (including phenoxy) is 1. The summed E-state index contributed by atoms with van der Waals surface area (Å²) in [5.74, 6) is 1.08. The zero-order valence-corrected chi connectivity index (χ0v) is 9.89. The van der Waals surface area contributed by atoms with Crippen LogP contribution in [0.3, 0.4) is 0 Å². The number of hydrogen-bond donors (Lipinski definition) is 1. The Kier molecular flexibility index (Phi) is 3.76. The molecule has 2 aromatic carbocycles. The highest BCUT2D eigenvalue weighted by atomic mass is 19.4. The molecule has 2 N–H and O–H groups in total. The van der Waals surface area contributed by atoms with Gasteiger partial charge in [0.15, 0.2) is 0 Å². The van der Waals surface area contributed by atoms with Gasteiger partial charge in [-0.1, -0.05) is 30.3 Å². The average molecular weight is 267 g/mol. The Morgan fingerprint density at radius 1 is 0.842 bits per heavy atom. The number of hydrogen-bond acceptors (Lipinski definition) is 2. The molecule has 2 rings (SSSR count). The van der Waals surface area contributed by atoms with E-state index < -0.39 is 12.2 Å². The van der Waals surface area contributed by atoms with Crippen molar-refractivity contribution in [2.45, 2.75) is 12.2 Å². The fourth-order valence-electron chi connectivity index (χ4n) is 1.56. The Morgan fingerprint density at radius 2 is 1.37 bits per heavy atom. The molecule has 0 unspecified atom stereocenters. The third-order valence-corrected chi connectivity index (χ3v) is 2.57. The van der Waals surface area contributed by atoms with Crippen LogP contribution in [-0.2, 0) is 0 Å². The van der Waals surface area contributed by atoms with Crippen LogP contribution >= 0.6 is 0 Å². The number of nitrogens with two attached hydrogens (primary N) is 1. The molecule has 0 bridgehead atoms. The first-order valence-electron chi connectivity index (χ1n) is 5.62. The summed E-state index contributed by atoms with van der Waals surface area (Å²) in [6.07, 6.45) is -4.44. The molecule has 5 heteroatoms. The normalized spacial score (nSPS) is 13.1. The van der Waals surface area contributed by atoms with Crippen LogP contribution in [0.25, 0.3) is 0 Å². The second kappa shape index (κ2) is 5.32. The molecule has 100 valence electrons. The van der Waals surface area contributed by atoms with Crippen LogP contribution in [0.4, 0.5) is 13.2 Å². The van der Waals surface area contributed by atoms with Crippen molar-refractivity contribution in [1.29, 1.82) is 0 Å². The van der Waals surface area contributed by atoms with Crippen molar-refractivity contribution in [2.24, 2.45) is 5.73 Å². The summed E-state index contributed by atoms with van der Waals surface area (Å²) in [4.78, 5) is 0. The van der Waals surface area contributed by atoms with Gasteiger partial charge in [-0.3, -0.25) is 0 Å². The first kappa shape index (κ1) is 13.4. The van der Waals surface area contributed by atoms with Crippen molar-refractivity contribution in [3.05, 3.63) is 60.2 Å². The maximum atomic E-state index is 12.4. The van der Waals surface area contributed by atoms with Crippen LogP contribution in [0.15, 0.2) is 54.6 Å². The van der Waals surface area contributed by atoms with E-state index in [1.807, 2.05) is 18.2 Å². The summed E-state index contributed by atoms with van der Waals surface area (Å²) in [5, 5.41) is 0. The minimum Gasteiger partial charge on any atom is -0.457 e. The molecule has 19 heavy (non-hydrogen) atoms. The monoisotopic (exact) mass is 267 g/mol. The largest absolute Gasteiger partial charge is 0.457 e. The van der Waals surface area contributed by atoms with E-state index in [9.17, 15) is 13.2 Å². The first-order valence-corrected chi connectivity index (χ1v) is 5.62. The SMILES string of the molecule is N[C@H](c1ccc(Oc2ccccc2)cc1)C(F)(F)F. The molecule has 0 aliphatic heterocycles. The van der Waals surface area contributed by atoms with E-state index in [0.717, 1.165) is 0 Å². The van der Waals surface area contributed by atoms with Gasteiger partial charge in [-0.15, -0.1) is 0 Å². The van der Waals surface area contributed by atoms with E-state index in [1.54, 1.807) is 12.1 Å². The van der Waals surface area contributed by atoms with Crippen molar-refractivity contribution in [3.8, 4) is 11.5 Å². The molecule has 0 heterocycles. The van der Waals surface area contributed by atoms with Gasteiger partial charge in [-0.25, -0.2) is 0 Å². The molecule has 0 fully saturated rings. The van der Waals surface area contributed by atoms with E-state index in [0.29, 0.717) is 11.5 Å². The van der Waals surface area contributed by atoms with Crippen molar-refractivity contribution in [3.63, 3.8) is 0 Å². The van der Waals surface area contributed by atoms with Crippen LogP contribution in [0.1, 0.15) is 11.6 Å². The van der Waals surface area contributed by atoms with Gasteiger partial charge in [0.2, 0.25) is 0 Å². The van der Waals surface area contributed by atoms with Crippen LogP contribution in [0, 0.1) is 0 Å². The van der Waals surface area contributed by atoms with E-state index in [-0.39, 0.29) is 5.56 Å². The van der Waals surface area contributed by atoms with Crippen molar-refractivity contribution >= 4 is 0 Å². The maximum absolute atomic E-state index is 12.4. The molecule has 0 aliphatic rings. The minimum atomic E-state index is -4.44.